The van der Waals surface area contributed by atoms with E-state index in [9.17, 15) is 9.59 Å². The second kappa shape index (κ2) is 7.48. The van der Waals surface area contributed by atoms with Gasteiger partial charge in [0.15, 0.2) is 0 Å². The van der Waals surface area contributed by atoms with Crippen LogP contribution < -0.4 is 5.32 Å². The van der Waals surface area contributed by atoms with E-state index < -0.39 is 0 Å². The molecule has 0 aliphatic heterocycles. The third kappa shape index (κ3) is 4.82. The monoisotopic (exact) mass is 270 g/mol. The number of nitrogens with zero attached hydrogens (tertiary/aromatic N) is 1. The van der Waals surface area contributed by atoms with Crippen LogP contribution in [0.3, 0.4) is 0 Å². The summed E-state index contributed by atoms with van der Waals surface area (Å²) in [5.74, 6) is -0.0493. The van der Waals surface area contributed by atoms with Gasteiger partial charge in [0, 0.05) is 20.1 Å². The number of esters is 1. The molecule has 0 bridgehead atoms. The molecular formula is C14H26N2O3. The zero-order valence-electron chi connectivity index (χ0n) is 12.4. The SMILES string of the molecule is CCOC(=O)C1CCCC(NC(C)C(=O)N(C)C)C1. The molecule has 0 aromatic carbocycles. The molecule has 0 radical (unpaired) electrons. The van der Waals surface area contributed by atoms with Gasteiger partial charge in [0.2, 0.25) is 5.91 Å². The molecule has 1 saturated carbocycles. The first-order chi connectivity index (χ1) is 8.95. The lowest BCUT2D eigenvalue weighted by Gasteiger charge is -2.31. The van der Waals surface area contributed by atoms with E-state index in [1.54, 1.807) is 19.0 Å². The fourth-order valence-electron chi connectivity index (χ4n) is 2.63. The van der Waals surface area contributed by atoms with Crippen LogP contribution in [0.2, 0.25) is 0 Å². The zero-order valence-corrected chi connectivity index (χ0v) is 12.4. The topological polar surface area (TPSA) is 58.6 Å². The predicted octanol–water partition coefficient (Wildman–Crippen LogP) is 1.17. The number of hydrogen-bond donors (Lipinski definition) is 1. The van der Waals surface area contributed by atoms with E-state index in [1.807, 2.05) is 13.8 Å². The molecule has 1 aliphatic carbocycles. The van der Waals surface area contributed by atoms with Gasteiger partial charge < -0.3 is 15.0 Å². The smallest absolute Gasteiger partial charge is 0.308 e. The highest BCUT2D eigenvalue weighted by atomic mass is 16.5. The van der Waals surface area contributed by atoms with Crippen molar-refractivity contribution in [2.75, 3.05) is 20.7 Å². The highest BCUT2D eigenvalue weighted by molar-refractivity contribution is 5.81. The average molecular weight is 270 g/mol. The molecule has 0 saturated heterocycles. The van der Waals surface area contributed by atoms with Crippen molar-refractivity contribution in [2.24, 2.45) is 5.92 Å². The van der Waals surface area contributed by atoms with Crippen LogP contribution in [0.15, 0.2) is 0 Å². The Bertz CT molecular complexity index is 318. The molecule has 0 aromatic heterocycles. The second-order valence-electron chi connectivity index (χ2n) is 5.43. The maximum Gasteiger partial charge on any atom is 0.308 e. The normalized spacial score (nSPS) is 24.6. The van der Waals surface area contributed by atoms with Crippen LogP contribution in [0.1, 0.15) is 39.5 Å². The Balaban J connectivity index is 2.46. The van der Waals surface area contributed by atoms with Gasteiger partial charge in [-0.15, -0.1) is 0 Å². The van der Waals surface area contributed by atoms with Gasteiger partial charge in [-0.25, -0.2) is 0 Å². The molecule has 1 N–H and O–H groups in total. The van der Waals surface area contributed by atoms with E-state index in [4.69, 9.17) is 4.74 Å². The van der Waals surface area contributed by atoms with Gasteiger partial charge in [-0.1, -0.05) is 6.42 Å². The number of likely N-dealkylation sites (N-methyl/N-ethyl adjacent to an activating group) is 1. The molecule has 3 atom stereocenters. The first kappa shape index (κ1) is 16.0. The summed E-state index contributed by atoms with van der Waals surface area (Å²) in [6.45, 7) is 4.13. The van der Waals surface area contributed by atoms with Crippen LogP contribution in [0.25, 0.3) is 0 Å². The van der Waals surface area contributed by atoms with Crippen molar-refractivity contribution in [3.8, 4) is 0 Å². The van der Waals surface area contributed by atoms with Gasteiger partial charge >= 0.3 is 5.97 Å². The fourth-order valence-corrected chi connectivity index (χ4v) is 2.63. The summed E-state index contributed by atoms with van der Waals surface area (Å²) < 4.78 is 5.08. The van der Waals surface area contributed by atoms with Gasteiger partial charge in [-0.05, 0) is 33.1 Å². The highest BCUT2D eigenvalue weighted by Crippen LogP contribution is 2.25. The lowest BCUT2D eigenvalue weighted by atomic mass is 9.85. The number of carbonyl (C=O) groups is 2. The third-order valence-corrected chi connectivity index (χ3v) is 3.59. The van der Waals surface area contributed by atoms with E-state index in [1.165, 1.54) is 0 Å². The van der Waals surface area contributed by atoms with Crippen LogP contribution >= 0.6 is 0 Å². The minimum atomic E-state index is -0.207. The van der Waals surface area contributed by atoms with Crippen LogP contribution in [-0.2, 0) is 14.3 Å². The number of nitrogens with one attached hydrogen (secondary N) is 1. The Morgan fingerprint density at radius 2 is 2.05 bits per heavy atom. The third-order valence-electron chi connectivity index (χ3n) is 3.59. The van der Waals surface area contributed by atoms with Gasteiger partial charge in [-0.2, -0.15) is 0 Å². The lowest BCUT2D eigenvalue weighted by Crippen LogP contribution is -2.48. The number of amides is 1. The van der Waals surface area contributed by atoms with Crippen molar-refractivity contribution in [3.05, 3.63) is 0 Å². The van der Waals surface area contributed by atoms with Gasteiger partial charge in [0.25, 0.3) is 0 Å². The van der Waals surface area contributed by atoms with Crippen molar-refractivity contribution in [3.63, 3.8) is 0 Å². The summed E-state index contributed by atoms with van der Waals surface area (Å²) in [6.07, 6.45) is 3.68. The summed E-state index contributed by atoms with van der Waals surface area (Å²) in [4.78, 5) is 25.1. The quantitative estimate of drug-likeness (QED) is 0.762. The Morgan fingerprint density at radius 1 is 1.37 bits per heavy atom. The van der Waals surface area contributed by atoms with Gasteiger partial charge in [0.05, 0.1) is 18.6 Å². The van der Waals surface area contributed by atoms with Crippen molar-refractivity contribution in [2.45, 2.75) is 51.6 Å². The van der Waals surface area contributed by atoms with E-state index in [2.05, 4.69) is 5.32 Å². The van der Waals surface area contributed by atoms with Gasteiger partial charge in [-0.3, -0.25) is 9.59 Å². The van der Waals surface area contributed by atoms with Crippen molar-refractivity contribution >= 4 is 11.9 Å². The van der Waals surface area contributed by atoms with Crippen molar-refractivity contribution in [1.29, 1.82) is 0 Å². The highest BCUT2D eigenvalue weighted by Gasteiger charge is 2.29. The Morgan fingerprint density at radius 3 is 2.63 bits per heavy atom. The molecular weight excluding hydrogens is 244 g/mol. The molecule has 1 aliphatic rings. The predicted molar refractivity (Wildman–Crippen MR) is 73.7 cm³/mol. The number of carbonyl (C=O) groups excluding carboxylic acids is 2. The van der Waals surface area contributed by atoms with E-state index in [0.29, 0.717) is 6.61 Å². The maximum absolute atomic E-state index is 11.8. The van der Waals surface area contributed by atoms with Crippen LogP contribution in [0, 0.1) is 5.92 Å². The van der Waals surface area contributed by atoms with E-state index in [-0.39, 0.29) is 29.9 Å². The average Bonchev–Trinajstić information content (AvgIpc) is 2.38. The first-order valence-electron chi connectivity index (χ1n) is 7.09. The van der Waals surface area contributed by atoms with Crippen LogP contribution in [0.5, 0.6) is 0 Å². The minimum absolute atomic E-state index is 0.0205. The minimum Gasteiger partial charge on any atom is -0.466 e. The molecule has 19 heavy (non-hydrogen) atoms. The molecule has 1 amide bonds. The molecule has 110 valence electrons. The fraction of sp³-hybridized carbons (Fsp3) is 0.857. The number of ether oxygens (including phenoxy) is 1. The first-order valence-corrected chi connectivity index (χ1v) is 7.09. The Hall–Kier alpha value is -1.10. The summed E-state index contributed by atoms with van der Waals surface area (Å²) >= 11 is 0. The van der Waals surface area contributed by atoms with Crippen LogP contribution in [0.4, 0.5) is 0 Å². The van der Waals surface area contributed by atoms with Gasteiger partial charge in [0.1, 0.15) is 0 Å². The molecule has 0 heterocycles. The molecule has 5 nitrogen and oxygen atoms in total. The lowest BCUT2D eigenvalue weighted by molar-refractivity contribution is -0.149. The van der Waals surface area contributed by atoms with E-state index >= 15 is 0 Å². The summed E-state index contributed by atoms with van der Waals surface area (Å²) in [7, 11) is 3.51. The molecule has 5 heteroatoms. The maximum atomic E-state index is 11.8. The summed E-state index contributed by atoms with van der Waals surface area (Å²) in [5.41, 5.74) is 0. The largest absolute Gasteiger partial charge is 0.466 e. The molecule has 0 aromatic rings. The second-order valence-corrected chi connectivity index (χ2v) is 5.43. The van der Waals surface area contributed by atoms with Crippen molar-refractivity contribution in [1.82, 2.24) is 10.2 Å². The number of hydrogen-bond acceptors (Lipinski definition) is 4. The molecule has 1 fully saturated rings. The van der Waals surface area contributed by atoms with Crippen molar-refractivity contribution < 1.29 is 14.3 Å². The Labute approximate surface area is 115 Å². The standard InChI is InChI=1S/C14H26N2O3/c1-5-19-14(18)11-7-6-8-12(9-11)15-10(2)13(17)16(3)4/h10-12,15H,5-9H2,1-4H3. The van der Waals surface area contributed by atoms with Crippen LogP contribution in [-0.4, -0.2) is 49.6 Å². The zero-order chi connectivity index (χ0) is 14.4. The van der Waals surface area contributed by atoms with E-state index in [0.717, 1.165) is 25.7 Å². The number of rotatable bonds is 5. The molecule has 1 rings (SSSR count). The molecule has 3 unspecified atom stereocenters. The Kier molecular flexibility index (Phi) is 6.28. The molecule has 0 spiro atoms. The summed E-state index contributed by atoms with van der Waals surface area (Å²) in [5, 5.41) is 3.33. The summed E-state index contributed by atoms with van der Waals surface area (Å²) in [6, 6.07) is 0.0167.